The second-order valence-corrected chi connectivity index (χ2v) is 8.23. The lowest BCUT2D eigenvalue weighted by atomic mass is 9.91. The van der Waals surface area contributed by atoms with E-state index in [1.165, 1.54) is 6.07 Å². The fourth-order valence-electron chi connectivity index (χ4n) is 3.91. The van der Waals surface area contributed by atoms with Gasteiger partial charge in [-0.1, -0.05) is 74.5 Å². The smallest absolute Gasteiger partial charge is 0.353 e. The van der Waals surface area contributed by atoms with Crippen LogP contribution >= 0.6 is 0 Å². The molecule has 1 aliphatic heterocycles. The Morgan fingerprint density at radius 3 is 2.25 bits per heavy atom. The second-order valence-electron chi connectivity index (χ2n) is 8.23. The molecule has 2 aromatic rings. The summed E-state index contributed by atoms with van der Waals surface area (Å²) >= 11 is 0. The van der Waals surface area contributed by atoms with Crippen LogP contribution in [0.15, 0.2) is 83.8 Å². The number of pyridine rings is 1. The first-order valence-corrected chi connectivity index (χ1v) is 10.6. The molecule has 1 N–H and O–H groups in total. The van der Waals surface area contributed by atoms with Crippen molar-refractivity contribution in [3.05, 3.63) is 100 Å². The van der Waals surface area contributed by atoms with Gasteiger partial charge in [0.05, 0.1) is 0 Å². The number of hydrogen-bond donors (Lipinski definition) is 1. The number of carboxylic acid groups (broad SMARTS) is 1. The van der Waals surface area contributed by atoms with E-state index in [0.29, 0.717) is 17.7 Å². The summed E-state index contributed by atoms with van der Waals surface area (Å²) in [6, 6.07) is 22.2. The molecular weight excluding hydrogens is 402 g/mol. The van der Waals surface area contributed by atoms with E-state index in [4.69, 9.17) is 4.74 Å². The van der Waals surface area contributed by atoms with Crippen molar-refractivity contribution in [1.29, 1.82) is 0 Å². The van der Waals surface area contributed by atoms with Crippen LogP contribution < -0.4 is 10.2 Å². The molecule has 5 nitrogen and oxygen atoms in total. The molecule has 4 rings (SSSR count). The Bertz CT molecular complexity index is 1260. The predicted molar refractivity (Wildman–Crippen MR) is 125 cm³/mol. The average molecular weight is 428 g/mol. The van der Waals surface area contributed by atoms with E-state index in [0.717, 1.165) is 16.7 Å². The number of rotatable bonds is 7. The summed E-state index contributed by atoms with van der Waals surface area (Å²) in [7, 11) is 0. The Morgan fingerprint density at radius 2 is 1.62 bits per heavy atom. The zero-order valence-electron chi connectivity index (χ0n) is 18.1. The Hall–Kier alpha value is -3.86. The molecule has 0 atom stereocenters. The Balaban J connectivity index is 1.91. The molecule has 0 bridgehead atoms. The van der Waals surface area contributed by atoms with Crippen LogP contribution in [0.3, 0.4) is 0 Å². The van der Waals surface area contributed by atoms with Gasteiger partial charge in [0.2, 0.25) is 5.43 Å². The minimum Gasteiger partial charge on any atom is -0.485 e. The fourth-order valence-corrected chi connectivity index (χ4v) is 3.91. The summed E-state index contributed by atoms with van der Waals surface area (Å²) < 4.78 is 7.60. The Kier molecular flexibility index (Phi) is 6.08. The summed E-state index contributed by atoms with van der Waals surface area (Å²) in [4.78, 5) is 25.2. The molecule has 0 spiro atoms. The minimum atomic E-state index is -1.02. The number of ether oxygens (including phenoxy) is 1. The minimum absolute atomic E-state index is 0.176. The highest BCUT2D eigenvalue weighted by Crippen LogP contribution is 2.37. The molecule has 0 unspecified atom stereocenters. The van der Waals surface area contributed by atoms with Crippen molar-refractivity contribution in [3.8, 4) is 28.0 Å². The molecule has 2 aromatic carbocycles. The Labute approximate surface area is 186 Å². The summed E-state index contributed by atoms with van der Waals surface area (Å²) in [6.07, 6.45) is 1.81. The summed E-state index contributed by atoms with van der Waals surface area (Å²) in [5, 5.41) is 10.1. The van der Waals surface area contributed by atoms with E-state index >= 15 is 0 Å². The SMILES string of the molecule is CC(C)Cn1cc2cc(OCc3ccccc3)c(=O)cc-2c(-c2ccccc2)c1C(=O)O. The van der Waals surface area contributed by atoms with E-state index < -0.39 is 5.97 Å². The van der Waals surface area contributed by atoms with Crippen LogP contribution in [0, 0.1) is 5.92 Å². The zero-order valence-corrected chi connectivity index (χ0v) is 18.1. The van der Waals surface area contributed by atoms with Gasteiger partial charge in [-0.2, -0.15) is 0 Å². The lowest BCUT2D eigenvalue weighted by Gasteiger charge is -2.23. The van der Waals surface area contributed by atoms with Gasteiger partial charge in [0.1, 0.15) is 12.3 Å². The van der Waals surface area contributed by atoms with Crippen LogP contribution in [0.4, 0.5) is 0 Å². The van der Waals surface area contributed by atoms with Gasteiger partial charge in [-0.25, -0.2) is 4.79 Å². The number of aromatic carboxylic acids is 1. The van der Waals surface area contributed by atoms with Crippen molar-refractivity contribution in [2.24, 2.45) is 5.92 Å². The van der Waals surface area contributed by atoms with Crippen molar-refractivity contribution in [2.45, 2.75) is 27.0 Å². The summed E-state index contributed by atoms with van der Waals surface area (Å²) in [5.74, 6) is -0.533. The van der Waals surface area contributed by atoms with Gasteiger partial charge in [-0.05, 0) is 34.7 Å². The highest BCUT2D eigenvalue weighted by atomic mass is 16.5. The lowest BCUT2D eigenvalue weighted by Crippen LogP contribution is -2.19. The topological polar surface area (TPSA) is 68.5 Å². The standard InChI is InChI=1S/C27H25NO4/c1-18(2)15-28-16-21-13-24(32-17-19-9-5-3-6-10-19)23(29)14-22(21)25(26(28)27(30)31)20-11-7-4-8-12-20/h3-14,16,18H,15,17H2,1-2H3,(H,30,31). The first kappa shape index (κ1) is 21.4. The molecular formula is C27H25NO4. The molecule has 0 aromatic heterocycles. The normalized spacial score (nSPS) is 11.1. The largest absolute Gasteiger partial charge is 0.485 e. The Morgan fingerprint density at radius 1 is 0.969 bits per heavy atom. The molecule has 2 aliphatic rings. The van der Waals surface area contributed by atoms with Crippen molar-refractivity contribution < 1.29 is 14.6 Å². The molecule has 0 saturated carbocycles. The van der Waals surface area contributed by atoms with Gasteiger partial charge in [0, 0.05) is 23.9 Å². The summed E-state index contributed by atoms with van der Waals surface area (Å²) in [5.41, 5.74) is 3.53. The number of fused-ring (bicyclic) bond motifs is 1. The molecule has 0 amide bonds. The number of hydrogen-bond acceptors (Lipinski definition) is 3. The van der Waals surface area contributed by atoms with E-state index in [1.54, 1.807) is 16.8 Å². The highest BCUT2D eigenvalue weighted by Gasteiger charge is 2.24. The quantitative estimate of drug-likeness (QED) is 0.420. The molecule has 162 valence electrons. The van der Waals surface area contributed by atoms with Crippen LogP contribution in [0.5, 0.6) is 5.75 Å². The highest BCUT2D eigenvalue weighted by molar-refractivity contribution is 6.00. The van der Waals surface area contributed by atoms with Crippen LogP contribution in [-0.2, 0) is 13.2 Å². The van der Waals surface area contributed by atoms with Gasteiger partial charge in [0.15, 0.2) is 5.75 Å². The molecule has 32 heavy (non-hydrogen) atoms. The van der Waals surface area contributed by atoms with E-state index in [9.17, 15) is 14.7 Å². The molecule has 5 heteroatoms. The monoisotopic (exact) mass is 427 g/mol. The molecule has 0 fully saturated rings. The number of carbonyl (C=O) groups is 1. The van der Waals surface area contributed by atoms with Crippen LogP contribution in [0.2, 0.25) is 0 Å². The van der Waals surface area contributed by atoms with E-state index in [2.05, 4.69) is 0 Å². The van der Waals surface area contributed by atoms with Gasteiger partial charge in [-0.3, -0.25) is 4.79 Å². The van der Waals surface area contributed by atoms with Gasteiger partial charge < -0.3 is 14.4 Å². The van der Waals surface area contributed by atoms with Gasteiger partial charge in [0.25, 0.3) is 0 Å². The number of benzene rings is 3. The predicted octanol–water partition coefficient (Wildman–Crippen LogP) is 5.55. The molecule has 1 aliphatic carbocycles. The maximum absolute atomic E-state index is 12.9. The molecule has 0 saturated heterocycles. The van der Waals surface area contributed by atoms with Crippen molar-refractivity contribution in [2.75, 3.05) is 0 Å². The van der Waals surface area contributed by atoms with Crippen LogP contribution in [0.25, 0.3) is 22.3 Å². The van der Waals surface area contributed by atoms with Crippen molar-refractivity contribution in [1.82, 2.24) is 4.57 Å². The fraction of sp³-hybridized carbons (Fsp3) is 0.185. The molecule has 0 radical (unpaired) electrons. The van der Waals surface area contributed by atoms with E-state index in [1.807, 2.05) is 74.5 Å². The maximum Gasteiger partial charge on any atom is 0.353 e. The lowest BCUT2D eigenvalue weighted by molar-refractivity contribution is 0.0684. The second kappa shape index (κ2) is 9.10. The number of carboxylic acids is 1. The average Bonchev–Trinajstić information content (AvgIpc) is 2.78. The third-order valence-electron chi connectivity index (χ3n) is 5.27. The maximum atomic E-state index is 12.9. The third-order valence-corrected chi connectivity index (χ3v) is 5.27. The van der Waals surface area contributed by atoms with E-state index in [-0.39, 0.29) is 29.4 Å². The first-order valence-electron chi connectivity index (χ1n) is 10.6. The van der Waals surface area contributed by atoms with Gasteiger partial charge in [-0.15, -0.1) is 0 Å². The van der Waals surface area contributed by atoms with Crippen molar-refractivity contribution in [3.63, 3.8) is 0 Å². The van der Waals surface area contributed by atoms with Gasteiger partial charge >= 0.3 is 5.97 Å². The zero-order chi connectivity index (χ0) is 22.7. The number of aromatic nitrogens is 1. The van der Waals surface area contributed by atoms with Crippen LogP contribution in [-0.4, -0.2) is 15.6 Å². The molecule has 1 heterocycles. The third kappa shape index (κ3) is 4.42. The first-order chi connectivity index (χ1) is 15.4. The van der Waals surface area contributed by atoms with Crippen LogP contribution in [0.1, 0.15) is 29.9 Å². The van der Waals surface area contributed by atoms with Crippen molar-refractivity contribution >= 4 is 5.97 Å². The summed E-state index contributed by atoms with van der Waals surface area (Å²) in [6.45, 7) is 4.91. The number of nitrogens with zero attached hydrogens (tertiary/aromatic N) is 1.